The Kier molecular flexibility index (Phi) is 3.76. The molecule has 0 fully saturated rings. The molecule has 96 valence electrons. The second-order valence-corrected chi connectivity index (χ2v) is 5.76. The molecule has 1 aromatic carbocycles. The molecule has 4 heteroatoms. The van der Waals surface area contributed by atoms with E-state index >= 15 is 0 Å². The average Bonchev–Trinajstić information content (AvgIpc) is 2.71. The molecule has 3 nitrogen and oxygen atoms in total. The highest BCUT2D eigenvalue weighted by Crippen LogP contribution is 2.37. The van der Waals surface area contributed by atoms with Crippen LogP contribution in [0.2, 0.25) is 0 Å². The lowest BCUT2D eigenvalue weighted by molar-refractivity contribution is 0.341. The first kappa shape index (κ1) is 13.1. The highest BCUT2D eigenvalue weighted by Gasteiger charge is 2.23. The van der Waals surface area contributed by atoms with Crippen LogP contribution in [0.1, 0.15) is 32.4 Å². The van der Waals surface area contributed by atoms with E-state index in [2.05, 4.69) is 41.9 Å². The van der Waals surface area contributed by atoms with Gasteiger partial charge in [-0.2, -0.15) is 0 Å². The first-order valence-corrected chi connectivity index (χ1v) is 6.81. The van der Waals surface area contributed by atoms with Gasteiger partial charge in [0.1, 0.15) is 5.76 Å². The quantitative estimate of drug-likeness (QED) is 0.911. The van der Waals surface area contributed by atoms with E-state index in [-0.39, 0.29) is 5.92 Å². The van der Waals surface area contributed by atoms with Gasteiger partial charge >= 0.3 is 0 Å². The minimum Gasteiger partial charge on any atom is -0.380 e. The van der Waals surface area contributed by atoms with Crippen LogP contribution in [-0.4, -0.2) is 5.16 Å². The van der Waals surface area contributed by atoms with Crippen molar-refractivity contribution in [1.82, 2.24) is 5.16 Å². The summed E-state index contributed by atoms with van der Waals surface area (Å²) in [5.41, 5.74) is 7.89. The van der Waals surface area contributed by atoms with Gasteiger partial charge in [0, 0.05) is 10.4 Å². The predicted molar refractivity (Wildman–Crippen MR) is 77.3 cm³/mol. The number of nitrogen functional groups attached to an aromatic ring is 1. The maximum atomic E-state index is 5.93. The largest absolute Gasteiger partial charge is 0.380 e. The zero-order valence-corrected chi connectivity index (χ0v) is 12.4. The van der Waals surface area contributed by atoms with Crippen molar-refractivity contribution in [2.45, 2.75) is 26.7 Å². The zero-order chi connectivity index (χ0) is 13.3. The Hall–Kier alpha value is -1.29. The number of benzene rings is 1. The Morgan fingerprint density at radius 3 is 2.33 bits per heavy atom. The van der Waals surface area contributed by atoms with E-state index in [9.17, 15) is 0 Å². The molecule has 0 aliphatic heterocycles. The normalized spacial score (nSPS) is 12.9. The Morgan fingerprint density at radius 2 is 1.78 bits per heavy atom. The summed E-state index contributed by atoms with van der Waals surface area (Å²) in [4.78, 5) is 0. The SMILES string of the molecule is CC(C)C(C)c1onc(N)c1-c1ccc(Br)cc1. The lowest BCUT2D eigenvalue weighted by Crippen LogP contribution is -2.02. The molecule has 2 aromatic rings. The minimum atomic E-state index is 0.286. The number of anilines is 1. The molecule has 0 spiro atoms. The monoisotopic (exact) mass is 308 g/mol. The molecule has 0 aliphatic carbocycles. The van der Waals surface area contributed by atoms with Crippen molar-refractivity contribution >= 4 is 21.7 Å². The third kappa shape index (κ3) is 2.43. The van der Waals surface area contributed by atoms with Gasteiger partial charge < -0.3 is 10.3 Å². The van der Waals surface area contributed by atoms with Crippen LogP contribution in [0.25, 0.3) is 11.1 Å². The van der Waals surface area contributed by atoms with E-state index < -0.39 is 0 Å². The average molecular weight is 309 g/mol. The van der Waals surface area contributed by atoms with E-state index in [0.717, 1.165) is 21.4 Å². The number of nitrogens with two attached hydrogens (primary N) is 1. The first-order valence-electron chi connectivity index (χ1n) is 6.01. The molecule has 0 saturated carbocycles. The molecular weight excluding hydrogens is 292 g/mol. The van der Waals surface area contributed by atoms with Crippen LogP contribution >= 0.6 is 15.9 Å². The molecule has 1 heterocycles. The van der Waals surface area contributed by atoms with Gasteiger partial charge in [-0.25, -0.2) is 0 Å². The summed E-state index contributed by atoms with van der Waals surface area (Å²) in [5.74, 6) is 2.09. The standard InChI is InChI=1S/C14H17BrN2O/c1-8(2)9(3)13-12(14(16)17-18-13)10-4-6-11(15)7-5-10/h4-9H,1-3H3,(H2,16,17). The van der Waals surface area contributed by atoms with Gasteiger partial charge in [0.15, 0.2) is 5.82 Å². The minimum absolute atomic E-state index is 0.286. The van der Waals surface area contributed by atoms with Gasteiger partial charge in [-0.05, 0) is 23.6 Å². The zero-order valence-electron chi connectivity index (χ0n) is 10.8. The number of aromatic nitrogens is 1. The van der Waals surface area contributed by atoms with Crippen molar-refractivity contribution in [3.8, 4) is 11.1 Å². The van der Waals surface area contributed by atoms with Crippen LogP contribution in [-0.2, 0) is 0 Å². The topological polar surface area (TPSA) is 52.0 Å². The smallest absolute Gasteiger partial charge is 0.175 e. The van der Waals surface area contributed by atoms with Crippen molar-refractivity contribution in [2.75, 3.05) is 5.73 Å². The van der Waals surface area contributed by atoms with Crippen LogP contribution in [0.4, 0.5) is 5.82 Å². The number of rotatable bonds is 3. The third-order valence-electron chi connectivity index (χ3n) is 3.29. The van der Waals surface area contributed by atoms with Crippen molar-refractivity contribution in [3.63, 3.8) is 0 Å². The molecular formula is C14H17BrN2O. The second kappa shape index (κ2) is 5.14. The Labute approximate surface area is 115 Å². The van der Waals surface area contributed by atoms with Crippen LogP contribution in [0.15, 0.2) is 33.3 Å². The summed E-state index contributed by atoms with van der Waals surface area (Å²) in [5, 5.41) is 3.91. The van der Waals surface area contributed by atoms with Crippen LogP contribution in [0.3, 0.4) is 0 Å². The highest BCUT2D eigenvalue weighted by molar-refractivity contribution is 9.10. The number of nitrogens with zero attached hydrogens (tertiary/aromatic N) is 1. The molecule has 2 rings (SSSR count). The van der Waals surface area contributed by atoms with Gasteiger partial charge in [0.05, 0.1) is 5.56 Å². The Bertz CT molecular complexity index is 531. The fourth-order valence-corrected chi connectivity index (χ4v) is 2.10. The second-order valence-electron chi connectivity index (χ2n) is 4.85. The molecule has 1 unspecified atom stereocenters. The highest BCUT2D eigenvalue weighted by atomic mass is 79.9. The van der Waals surface area contributed by atoms with Crippen molar-refractivity contribution in [2.24, 2.45) is 5.92 Å². The maximum Gasteiger partial charge on any atom is 0.175 e. The molecule has 1 aromatic heterocycles. The first-order chi connectivity index (χ1) is 8.50. The summed E-state index contributed by atoms with van der Waals surface area (Å²) in [6.07, 6.45) is 0. The van der Waals surface area contributed by atoms with E-state index in [0.29, 0.717) is 11.7 Å². The summed E-state index contributed by atoms with van der Waals surface area (Å²) >= 11 is 3.43. The molecule has 0 bridgehead atoms. The third-order valence-corrected chi connectivity index (χ3v) is 3.82. The van der Waals surface area contributed by atoms with Crippen LogP contribution < -0.4 is 5.73 Å². The Morgan fingerprint density at radius 1 is 1.17 bits per heavy atom. The fourth-order valence-electron chi connectivity index (χ4n) is 1.84. The Balaban J connectivity index is 2.50. The summed E-state index contributed by atoms with van der Waals surface area (Å²) in [7, 11) is 0. The number of hydrogen-bond donors (Lipinski definition) is 1. The molecule has 1 atom stereocenters. The van der Waals surface area contributed by atoms with Gasteiger partial charge in [-0.1, -0.05) is 54.0 Å². The van der Waals surface area contributed by atoms with Crippen molar-refractivity contribution in [3.05, 3.63) is 34.5 Å². The lowest BCUT2D eigenvalue weighted by Gasteiger charge is -2.13. The van der Waals surface area contributed by atoms with Crippen molar-refractivity contribution < 1.29 is 4.52 Å². The molecule has 0 amide bonds. The van der Waals surface area contributed by atoms with Crippen molar-refractivity contribution in [1.29, 1.82) is 0 Å². The van der Waals surface area contributed by atoms with Crippen LogP contribution in [0, 0.1) is 5.92 Å². The van der Waals surface area contributed by atoms with E-state index in [1.54, 1.807) is 0 Å². The molecule has 0 saturated heterocycles. The van der Waals surface area contributed by atoms with E-state index in [4.69, 9.17) is 10.3 Å². The predicted octanol–water partition coefficient (Wildman–Crippen LogP) is 4.45. The van der Waals surface area contributed by atoms with Gasteiger partial charge in [-0.3, -0.25) is 0 Å². The molecule has 18 heavy (non-hydrogen) atoms. The summed E-state index contributed by atoms with van der Waals surface area (Å²) in [6.45, 7) is 6.45. The van der Waals surface area contributed by atoms with Gasteiger partial charge in [-0.15, -0.1) is 0 Å². The van der Waals surface area contributed by atoms with E-state index in [1.165, 1.54) is 0 Å². The van der Waals surface area contributed by atoms with Gasteiger partial charge in [0.2, 0.25) is 0 Å². The fraction of sp³-hybridized carbons (Fsp3) is 0.357. The summed E-state index contributed by atoms with van der Waals surface area (Å²) in [6, 6.07) is 8.02. The maximum absolute atomic E-state index is 5.93. The molecule has 0 radical (unpaired) electrons. The molecule has 2 N–H and O–H groups in total. The van der Waals surface area contributed by atoms with Gasteiger partial charge in [0.25, 0.3) is 0 Å². The number of halogens is 1. The summed E-state index contributed by atoms with van der Waals surface area (Å²) < 4.78 is 6.46. The van der Waals surface area contributed by atoms with E-state index in [1.807, 2.05) is 24.3 Å². The molecule has 0 aliphatic rings. The number of hydrogen-bond acceptors (Lipinski definition) is 3. The van der Waals surface area contributed by atoms with Crippen LogP contribution in [0.5, 0.6) is 0 Å². The lowest BCUT2D eigenvalue weighted by atomic mass is 9.91.